The summed E-state index contributed by atoms with van der Waals surface area (Å²) in [6, 6.07) is 12.2. The van der Waals surface area contributed by atoms with Crippen LogP contribution in [0.3, 0.4) is 0 Å². The predicted octanol–water partition coefficient (Wildman–Crippen LogP) is 4.57. The highest BCUT2D eigenvalue weighted by atomic mass is 16.5. The average molecular weight is 325 g/mol. The molecule has 1 N–H and O–H groups in total. The van der Waals surface area contributed by atoms with Gasteiger partial charge in [-0.15, -0.1) is 0 Å². The van der Waals surface area contributed by atoms with Crippen molar-refractivity contribution in [2.24, 2.45) is 0 Å². The first-order valence-corrected chi connectivity index (χ1v) is 8.48. The minimum absolute atomic E-state index is 0.0130. The lowest BCUT2D eigenvalue weighted by atomic mass is 9.99. The number of ether oxygens (including phenoxy) is 1. The molecule has 1 amide bonds. The Hall–Kier alpha value is -2.29. The molecule has 0 aromatic heterocycles. The summed E-state index contributed by atoms with van der Waals surface area (Å²) < 4.78 is 5.69. The molecule has 0 heterocycles. The second kappa shape index (κ2) is 8.00. The highest BCUT2D eigenvalue weighted by molar-refractivity contribution is 5.78. The first-order valence-electron chi connectivity index (χ1n) is 8.48. The topological polar surface area (TPSA) is 38.3 Å². The molecule has 0 aliphatic heterocycles. The first-order chi connectivity index (χ1) is 11.4. The highest BCUT2D eigenvalue weighted by Gasteiger charge is 2.14. The maximum absolute atomic E-state index is 12.3. The van der Waals surface area contributed by atoms with Crippen LogP contribution in [0.4, 0.5) is 0 Å². The molecule has 3 nitrogen and oxygen atoms in total. The molecular formula is C21H27NO2. The fraction of sp³-hybridized carbons (Fsp3) is 0.381. The lowest BCUT2D eigenvalue weighted by molar-refractivity contribution is -0.123. The number of carbonyl (C=O) groups is 1. The molecule has 2 rings (SSSR count). The van der Waals surface area contributed by atoms with E-state index in [0.29, 0.717) is 0 Å². The van der Waals surface area contributed by atoms with Crippen LogP contribution in [0, 0.1) is 27.7 Å². The number of rotatable bonds is 6. The van der Waals surface area contributed by atoms with Crippen molar-refractivity contribution in [1.29, 1.82) is 0 Å². The molecule has 3 heteroatoms. The van der Waals surface area contributed by atoms with Gasteiger partial charge in [0.15, 0.2) is 6.61 Å². The fourth-order valence-electron chi connectivity index (χ4n) is 2.66. The van der Waals surface area contributed by atoms with Gasteiger partial charge in [0.2, 0.25) is 0 Å². The Balaban J connectivity index is 1.99. The Morgan fingerprint density at radius 2 is 1.79 bits per heavy atom. The van der Waals surface area contributed by atoms with Gasteiger partial charge >= 0.3 is 0 Å². The summed E-state index contributed by atoms with van der Waals surface area (Å²) in [4.78, 5) is 12.3. The largest absolute Gasteiger partial charge is 0.483 e. The molecule has 0 saturated heterocycles. The van der Waals surface area contributed by atoms with E-state index >= 15 is 0 Å². The highest BCUT2D eigenvalue weighted by Crippen LogP contribution is 2.21. The van der Waals surface area contributed by atoms with Crippen LogP contribution in [0.15, 0.2) is 36.4 Å². The van der Waals surface area contributed by atoms with Crippen LogP contribution < -0.4 is 10.1 Å². The smallest absolute Gasteiger partial charge is 0.258 e. The van der Waals surface area contributed by atoms with Crippen molar-refractivity contribution in [2.75, 3.05) is 6.61 Å². The molecule has 0 spiro atoms. The summed E-state index contributed by atoms with van der Waals surface area (Å²) in [6.07, 6.45) is 0.845. The van der Waals surface area contributed by atoms with E-state index in [1.807, 2.05) is 32.0 Å². The van der Waals surface area contributed by atoms with E-state index in [2.05, 4.69) is 44.3 Å². The third-order valence-corrected chi connectivity index (χ3v) is 4.59. The second-order valence-corrected chi connectivity index (χ2v) is 6.36. The van der Waals surface area contributed by atoms with Crippen molar-refractivity contribution in [3.63, 3.8) is 0 Å². The summed E-state index contributed by atoms with van der Waals surface area (Å²) in [5.74, 6) is 0.672. The van der Waals surface area contributed by atoms with Gasteiger partial charge in [-0.3, -0.25) is 4.79 Å². The molecule has 24 heavy (non-hydrogen) atoms. The molecule has 0 aliphatic rings. The van der Waals surface area contributed by atoms with Crippen molar-refractivity contribution in [2.45, 2.75) is 47.1 Å². The van der Waals surface area contributed by atoms with E-state index in [1.165, 1.54) is 11.1 Å². The number of amides is 1. The van der Waals surface area contributed by atoms with Gasteiger partial charge in [-0.25, -0.2) is 0 Å². The van der Waals surface area contributed by atoms with Gasteiger partial charge in [0, 0.05) is 0 Å². The predicted molar refractivity (Wildman–Crippen MR) is 98.5 cm³/mol. The number of hydrogen-bond donors (Lipinski definition) is 1. The van der Waals surface area contributed by atoms with Crippen LogP contribution in [0.25, 0.3) is 0 Å². The lowest BCUT2D eigenvalue weighted by Gasteiger charge is -2.19. The van der Waals surface area contributed by atoms with Gasteiger partial charge in [0.25, 0.3) is 5.91 Å². The van der Waals surface area contributed by atoms with Crippen LogP contribution in [-0.4, -0.2) is 12.5 Å². The van der Waals surface area contributed by atoms with Gasteiger partial charge in [-0.1, -0.05) is 37.3 Å². The third-order valence-electron chi connectivity index (χ3n) is 4.59. The zero-order valence-corrected chi connectivity index (χ0v) is 15.3. The van der Waals surface area contributed by atoms with E-state index in [9.17, 15) is 4.79 Å². The van der Waals surface area contributed by atoms with Crippen LogP contribution in [0.1, 0.15) is 47.2 Å². The summed E-state index contributed by atoms with van der Waals surface area (Å²) in [5.41, 5.74) is 5.88. The monoisotopic (exact) mass is 325 g/mol. The fourth-order valence-corrected chi connectivity index (χ4v) is 2.66. The molecule has 0 bridgehead atoms. The third kappa shape index (κ3) is 4.38. The normalized spacial score (nSPS) is 11.9. The zero-order valence-electron chi connectivity index (χ0n) is 15.3. The number of nitrogens with one attached hydrogen (secondary N) is 1. The minimum atomic E-state index is -0.0963. The molecule has 0 fully saturated rings. The van der Waals surface area contributed by atoms with Crippen molar-refractivity contribution in [3.8, 4) is 5.75 Å². The summed E-state index contributed by atoms with van der Waals surface area (Å²) in [6.45, 7) is 10.3. The second-order valence-electron chi connectivity index (χ2n) is 6.36. The summed E-state index contributed by atoms with van der Waals surface area (Å²) in [5, 5.41) is 3.07. The number of aryl methyl sites for hydroxylation is 3. The molecule has 1 unspecified atom stereocenters. The SMILES string of the molecule is CCC(NC(=O)COc1cccc(C)c1C)c1ccc(C)c(C)c1. The van der Waals surface area contributed by atoms with E-state index in [0.717, 1.165) is 28.9 Å². The van der Waals surface area contributed by atoms with Gasteiger partial charge in [0.1, 0.15) is 5.75 Å². The van der Waals surface area contributed by atoms with E-state index < -0.39 is 0 Å². The van der Waals surface area contributed by atoms with Crippen LogP contribution in [0.5, 0.6) is 5.75 Å². The Labute approximate surface area is 145 Å². The van der Waals surface area contributed by atoms with E-state index in [-0.39, 0.29) is 18.6 Å². The van der Waals surface area contributed by atoms with Crippen LogP contribution in [-0.2, 0) is 4.79 Å². The minimum Gasteiger partial charge on any atom is -0.483 e. The number of hydrogen-bond acceptors (Lipinski definition) is 2. The molecule has 0 saturated carbocycles. The number of carbonyl (C=O) groups excluding carboxylic acids is 1. The Bertz CT molecular complexity index is 722. The standard InChI is InChI=1S/C21H27NO2/c1-6-19(18-11-10-14(2)16(4)12-18)22-21(23)13-24-20-9-7-8-15(3)17(20)5/h7-12,19H,6,13H2,1-5H3,(H,22,23). The van der Waals surface area contributed by atoms with Crippen LogP contribution >= 0.6 is 0 Å². The Morgan fingerprint density at radius 3 is 2.46 bits per heavy atom. The van der Waals surface area contributed by atoms with Crippen LogP contribution in [0.2, 0.25) is 0 Å². The van der Waals surface area contributed by atoms with Crippen molar-refractivity contribution in [3.05, 3.63) is 64.2 Å². The molecule has 2 aromatic rings. The Kier molecular flexibility index (Phi) is 6.02. The van der Waals surface area contributed by atoms with Crippen molar-refractivity contribution in [1.82, 2.24) is 5.32 Å². The molecule has 2 aromatic carbocycles. The molecule has 1 atom stereocenters. The molecular weight excluding hydrogens is 298 g/mol. The van der Waals surface area contributed by atoms with E-state index in [1.54, 1.807) is 0 Å². The maximum Gasteiger partial charge on any atom is 0.258 e. The van der Waals surface area contributed by atoms with Gasteiger partial charge < -0.3 is 10.1 Å². The zero-order chi connectivity index (χ0) is 17.7. The first kappa shape index (κ1) is 18.1. The van der Waals surface area contributed by atoms with Crippen molar-refractivity contribution < 1.29 is 9.53 Å². The molecule has 0 aliphatic carbocycles. The number of benzene rings is 2. The molecule has 128 valence electrons. The van der Waals surface area contributed by atoms with Gasteiger partial charge in [-0.05, 0) is 68.0 Å². The van der Waals surface area contributed by atoms with Crippen molar-refractivity contribution >= 4 is 5.91 Å². The quantitative estimate of drug-likeness (QED) is 0.845. The maximum atomic E-state index is 12.3. The average Bonchev–Trinajstić information content (AvgIpc) is 2.56. The van der Waals surface area contributed by atoms with Gasteiger partial charge in [0.05, 0.1) is 6.04 Å². The van der Waals surface area contributed by atoms with E-state index in [4.69, 9.17) is 4.74 Å². The summed E-state index contributed by atoms with van der Waals surface area (Å²) >= 11 is 0. The molecule has 0 radical (unpaired) electrons. The summed E-state index contributed by atoms with van der Waals surface area (Å²) in [7, 11) is 0. The Morgan fingerprint density at radius 1 is 1.04 bits per heavy atom. The lowest BCUT2D eigenvalue weighted by Crippen LogP contribution is -2.32. The van der Waals surface area contributed by atoms with Gasteiger partial charge in [-0.2, -0.15) is 0 Å².